The maximum absolute atomic E-state index is 14.1. The first-order valence-electron chi connectivity index (χ1n) is 13.9. The van der Waals surface area contributed by atoms with Crippen LogP contribution in [0.25, 0.3) is 22.2 Å². The average molecular weight is 616 g/mol. The molecule has 2 aromatic heterocycles. The minimum absolute atomic E-state index is 0.00274. The van der Waals surface area contributed by atoms with Crippen molar-refractivity contribution in [1.82, 2.24) is 14.1 Å². The molecule has 0 fully saturated rings. The summed E-state index contributed by atoms with van der Waals surface area (Å²) in [6.45, 7) is 11.0. The third-order valence-electron chi connectivity index (χ3n) is 7.96. The first-order valence-corrected chi connectivity index (χ1v) is 16.8. The van der Waals surface area contributed by atoms with Crippen LogP contribution in [-0.2, 0) is 18.0 Å². The number of hydrogen-bond acceptors (Lipinski definition) is 6. The van der Waals surface area contributed by atoms with Crippen LogP contribution in [0.5, 0.6) is 5.75 Å². The van der Waals surface area contributed by atoms with Crippen molar-refractivity contribution < 1.29 is 27.4 Å². The van der Waals surface area contributed by atoms with Gasteiger partial charge in [0, 0.05) is 31.3 Å². The predicted octanol–water partition coefficient (Wildman–Crippen LogP) is 6.15. The first kappa shape index (κ1) is 32.2. The smallest absolute Gasteiger partial charge is 0.417 e. The summed E-state index contributed by atoms with van der Waals surface area (Å²) < 4.78 is 51.7. The van der Waals surface area contributed by atoms with Crippen LogP contribution in [0.15, 0.2) is 70.4 Å². The molecule has 0 spiro atoms. The molecule has 0 amide bonds. The Hall–Kier alpha value is -3.74. The van der Waals surface area contributed by atoms with E-state index in [1.807, 2.05) is 0 Å². The van der Waals surface area contributed by atoms with Crippen molar-refractivity contribution in [1.29, 1.82) is 0 Å². The Morgan fingerprint density at radius 1 is 1.02 bits per heavy atom. The fourth-order valence-electron chi connectivity index (χ4n) is 4.60. The monoisotopic (exact) mass is 615 g/mol. The lowest BCUT2D eigenvalue weighted by atomic mass is 9.93. The van der Waals surface area contributed by atoms with Gasteiger partial charge in [-0.2, -0.15) is 0 Å². The van der Waals surface area contributed by atoms with Crippen LogP contribution < -0.4 is 16.0 Å². The highest BCUT2D eigenvalue weighted by Crippen LogP contribution is 2.37. The van der Waals surface area contributed by atoms with Crippen molar-refractivity contribution >= 4 is 19.2 Å². The SMILES string of the molecule is Cn1c(=O)n(CCCO[Si](C)(C)C(C)(C)C)c(=O)c2c(C(O)c3ccccc3)c(-c3cccc(OC(F)(F)F)c3)ncc21. The molecule has 0 saturated heterocycles. The summed E-state index contributed by atoms with van der Waals surface area (Å²) in [5, 5.41) is 11.7. The predicted molar refractivity (Wildman–Crippen MR) is 162 cm³/mol. The van der Waals surface area contributed by atoms with Gasteiger partial charge in [-0.25, -0.2) is 4.79 Å². The number of aliphatic hydroxyl groups is 1. The Kier molecular flexibility index (Phi) is 9.05. The van der Waals surface area contributed by atoms with E-state index in [9.17, 15) is 27.9 Å². The molecule has 1 unspecified atom stereocenters. The lowest BCUT2D eigenvalue weighted by Crippen LogP contribution is -2.42. The van der Waals surface area contributed by atoms with Gasteiger partial charge in [0.2, 0.25) is 0 Å². The molecule has 0 bridgehead atoms. The Morgan fingerprint density at radius 3 is 2.33 bits per heavy atom. The lowest BCUT2D eigenvalue weighted by Gasteiger charge is -2.36. The number of nitrogens with zero attached hydrogens (tertiary/aromatic N) is 3. The van der Waals surface area contributed by atoms with E-state index >= 15 is 0 Å². The van der Waals surface area contributed by atoms with Crippen molar-refractivity contribution in [2.24, 2.45) is 7.05 Å². The van der Waals surface area contributed by atoms with Crippen LogP contribution in [0, 0.1) is 0 Å². The molecule has 0 aliphatic carbocycles. The number of aliphatic hydroxyl groups excluding tert-OH is 1. The van der Waals surface area contributed by atoms with Gasteiger partial charge in [0.25, 0.3) is 5.56 Å². The number of fused-ring (bicyclic) bond motifs is 1. The summed E-state index contributed by atoms with van der Waals surface area (Å²) in [4.78, 5) is 31.8. The number of aromatic nitrogens is 3. The largest absolute Gasteiger partial charge is 0.573 e. The third kappa shape index (κ3) is 6.92. The molecule has 230 valence electrons. The zero-order chi connectivity index (χ0) is 31.7. The van der Waals surface area contributed by atoms with Gasteiger partial charge in [0.15, 0.2) is 8.32 Å². The molecule has 4 rings (SSSR count). The molecule has 2 heterocycles. The zero-order valence-corrected chi connectivity index (χ0v) is 26.0. The molecule has 8 nitrogen and oxygen atoms in total. The van der Waals surface area contributed by atoms with Crippen molar-refractivity contribution in [3.63, 3.8) is 0 Å². The van der Waals surface area contributed by atoms with Gasteiger partial charge in [-0.3, -0.25) is 18.9 Å². The summed E-state index contributed by atoms with van der Waals surface area (Å²) >= 11 is 0. The van der Waals surface area contributed by atoms with Gasteiger partial charge >= 0.3 is 12.1 Å². The Bertz CT molecular complexity index is 1730. The van der Waals surface area contributed by atoms with E-state index in [-0.39, 0.29) is 39.3 Å². The molecule has 0 radical (unpaired) electrons. The first-order chi connectivity index (χ1) is 20.0. The van der Waals surface area contributed by atoms with E-state index in [0.29, 0.717) is 18.6 Å². The van der Waals surface area contributed by atoms with Gasteiger partial charge in [0.05, 0.1) is 22.8 Å². The Labute approximate surface area is 248 Å². The Balaban J connectivity index is 1.89. The molecule has 2 aromatic carbocycles. The van der Waals surface area contributed by atoms with E-state index < -0.39 is 37.8 Å². The molecule has 1 atom stereocenters. The van der Waals surface area contributed by atoms with Crippen LogP contribution in [0.1, 0.15) is 44.4 Å². The molecule has 0 aliphatic heterocycles. The number of rotatable bonds is 9. The summed E-state index contributed by atoms with van der Waals surface area (Å²) in [5.74, 6) is -0.480. The molecule has 0 aliphatic rings. The van der Waals surface area contributed by atoms with Crippen LogP contribution in [0.3, 0.4) is 0 Å². The fourth-order valence-corrected chi connectivity index (χ4v) is 5.69. The molecule has 43 heavy (non-hydrogen) atoms. The third-order valence-corrected chi connectivity index (χ3v) is 12.5. The van der Waals surface area contributed by atoms with Crippen LogP contribution >= 0.6 is 0 Å². The molecular weight excluding hydrogens is 579 g/mol. The van der Waals surface area contributed by atoms with Crippen LogP contribution in [-0.4, -0.2) is 40.5 Å². The molecule has 0 saturated carbocycles. The number of hydrogen-bond donors (Lipinski definition) is 1. The number of alkyl halides is 3. The fraction of sp³-hybridized carbons (Fsp3) is 0.387. The minimum Gasteiger partial charge on any atom is -0.417 e. The topological polar surface area (TPSA) is 95.6 Å². The highest BCUT2D eigenvalue weighted by molar-refractivity contribution is 6.74. The van der Waals surface area contributed by atoms with Gasteiger partial charge in [-0.15, -0.1) is 13.2 Å². The van der Waals surface area contributed by atoms with Gasteiger partial charge < -0.3 is 14.3 Å². The number of benzene rings is 2. The summed E-state index contributed by atoms with van der Waals surface area (Å²) in [6, 6.07) is 13.7. The molecule has 12 heteroatoms. The average Bonchev–Trinajstić information content (AvgIpc) is 2.93. The quantitative estimate of drug-likeness (QED) is 0.179. The standard InChI is InChI=1S/C31H36F3N3O5Si/c1-30(2,3)43(5,6)41-17-11-16-37-28(39)24-23(36(4)29(37)40)19-35-26(25(24)27(38)20-12-8-7-9-13-20)21-14-10-15-22(18-21)42-31(32,33)34/h7-10,12-15,18-19,27,38H,11,16-17H2,1-6H3. The van der Waals surface area contributed by atoms with Crippen molar-refractivity contribution in [3.05, 3.63) is 92.8 Å². The van der Waals surface area contributed by atoms with E-state index in [0.717, 1.165) is 16.7 Å². The lowest BCUT2D eigenvalue weighted by molar-refractivity contribution is -0.274. The number of halogens is 3. The zero-order valence-electron chi connectivity index (χ0n) is 25.0. The van der Waals surface area contributed by atoms with Crippen LogP contribution in [0.4, 0.5) is 13.2 Å². The van der Waals surface area contributed by atoms with Gasteiger partial charge in [-0.05, 0) is 42.2 Å². The number of ether oxygens (including phenoxy) is 1. The minimum atomic E-state index is -4.91. The number of pyridine rings is 1. The summed E-state index contributed by atoms with van der Waals surface area (Å²) in [7, 11) is -0.539. The molecule has 4 aromatic rings. The maximum Gasteiger partial charge on any atom is 0.573 e. The number of aryl methyl sites for hydroxylation is 1. The van der Waals surface area contributed by atoms with Gasteiger partial charge in [-0.1, -0.05) is 63.2 Å². The normalized spacial score (nSPS) is 13.3. The van der Waals surface area contributed by atoms with Crippen molar-refractivity contribution in [3.8, 4) is 17.0 Å². The van der Waals surface area contributed by atoms with Crippen LogP contribution in [0.2, 0.25) is 18.1 Å². The second kappa shape index (κ2) is 12.1. The highest BCUT2D eigenvalue weighted by atomic mass is 28.4. The van der Waals surface area contributed by atoms with E-state index in [1.54, 1.807) is 30.3 Å². The van der Waals surface area contributed by atoms with Crippen molar-refractivity contribution in [2.45, 2.75) is 64.3 Å². The summed E-state index contributed by atoms with van der Waals surface area (Å²) in [6.07, 6.45) is -4.59. The summed E-state index contributed by atoms with van der Waals surface area (Å²) in [5.41, 5.74) is -0.235. The van der Waals surface area contributed by atoms with E-state index in [4.69, 9.17) is 4.43 Å². The van der Waals surface area contributed by atoms with Gasteiger partial charge in [0.1, 0.15) is 11.9 Å². The second-order valence-corrected chi connectivity index (χ2v) is 16.7. The highest BCUT2D eigenvalue weighted by Gasteiger charge is 2.37. The van der Waals surface area contributed by atoms with E-state index in [2.05, 4.69) is 43.6 Å². The molecular formula is C31H36F3N3O5Si. The second-order valence-electron chi connectivity index (χ2n) is 11.9. The molecule has 1 N–H and O–H groups in total. The maximum atomic E-state index is 14.1. The van der Waals surface area contributed by atoms with Crippen molar-refractivity contribution in [2.75, 3.05) is 6.61 Å². The Morgan fingerprint density at radius 2 is 1.70 bits per heavy atom. The van der Waals surface area contributed by atoms with E-state index in [1.165, 1.54) is 29.9 Å².